The number of halogens is 1. The first-order valence-electron chi connectivity index (χ1n) is 5.74. The molecule has 1 aliphatic rings. The summed E-state index contributed by atoms with van der Waals surface area (Å²) in [4.78, 5) is 21.5. The van der Waals surface area contributed by atoms with Crippen molar-refractivity contribution >= 4 is 27.1 Å². The minimum Gasteiger partial charge on any atom is -0.326 e. The molecular formula is C11H11FN2O5S. The second kappa shape index (κ2) is 5.16. The van der Waals surface area contributed by atoms with Crippen molar-refractivity contribution < 1.29 is 22.5 Å². The number of sulfone groups is 1. The number of carbonyl (C=O) groups excluding carboxylic acids is 1. The van der Waals surface area contributed by atoms with Crippen LogP contribution in [0.1, 0.15) is 6.42 Å². The number of hydrogen-bond acceptors (Lipinski definition) is 5. The maximum absolute atomic E-state index is 13.1. The highest BCUT2D eigenvalue weighted by molar-refractivity contribution is 7.91. The molecule has 0 aliphatic carbocycles. The number of benzene rings is 1. The topological polar surface area (TPSA) is 106 Å². The summed E-state index contributed by atoms with van der Waals surface area (Å²) in [7, 11) is -3.19. The molecule has 2 rings (SSSR count). The molecule has 0 saturated carbocycles. The standard InChI is InChI=1S/C11H11FN2O5S/c12-9-2-1-8(5-10(9)14(16)17)13-11(15)7-3-4-20(18,19)6-7/h1-2,5,7H,3-4,6H2,(H,13,15)/t7-/m0/s1. The molecule has 1 N–H and O–H groups in total. The SMILES string of the molecule is O=C(Nc1ccc(F)c([N+](=O)[O-])c1)[C@H]1CCS(=O)(=O)C1. The second-order valence-electron chi connectivity index (χ2n) is 4.51. The Labute approximate surface area is 113 Å². The Bertz CT molecular complexity index is 673. The fourth-order valence-corrected chi connectivity index (χ4v) is 3.72. The van der Waals surface area contributed by atoms with Gasteiger partial charge in [-0.1, -0.05) is 0 Å². The lowest BCUT2D eigenvalue weighted by atomic mass is 10.1. The molecule has 1 amide bonds. The van der Waals surface area contributed by atoms with Crippen molar-refractivity contribution in [2.45, 2.75) is 6.42 Å². The van der Waals surface area contributed by atoms with Gasteiger partial charge < -0.3 is 5.32 Å². The average molecular weight is 302 g/mol. The van der Waals surface area contributed by atoms with E-state index in [1.807, 2.05) is 0 Å². The zero-order valence-corrected chi connectivity index (χ0v) is 11.0. The van der Waals surface area contributed by atoms with Gasteiger partial charge in [0.15, 0.2) is 9.84 Å². The zero-order valence-electron chi connectivity index (χ0n) is 10.2. The lowest BCUT2D eigenvalue weighted by molar-refractivity contribution is -0.387. The van der Waals surface area contributed by atoms with Crippen LogP contribution in [0.2, 0.25) is 0 Å². The summed E-state index contributed by atoms with van der Waals surface area (Å²) in [5.74, 6) is -2.50. The Morgan fingerprint density at radius 3 is 2.70 bits per heavy atom. The van der Waals surface area contributed by atoms with E-state index in [1.54, 1.807) is 0 Å². The van der Waals surface area contributed by atoms with Gasteiger partial charge in [0.1, 0.15) is 0 Å². The van der Waals surface area contributed by atoms with Crippen LogP contribution in [0.15, 0.2) is 18.2 Å². The predicted octanol–water partition coefficient (Wildman–Crippen LogP) is 1.11. The first kappa shape index (κ1) is 14.4. The molecule has 1 atom stereocenters. The largest absolute Gasteiger partial charge is 0.326 e. The summed E-state index contributed by atoms with van der Waals surface area (Å²) in [6.45, 7) is 0. The number of amides is 1. The maximum Gasteiger partial charge on any atom is 0.306 e. The van der Waals surface area contributed by atoms with E-state index in [0.29, 0.717) is 0 Å². The fraction of sp³-hybridized carbons (Fsp3) is 0.364. The molecular weight excluding hydrogens is 291 g/mol. The molecule has 108 valence electrons. The Morgan fingerprint density at radius 2 is 2.15 bits per heavy atom. The van der Waals surface area contributed by atoms with Crippen LogP contribution in [0.5, 0.6) is 0 Å². The van der Waals surface area contributed by atoms with Crippen LogP contribution in [0, 0.1) is 21.8 Å². The number of carbonyl (C=O) groups is 1. The average Bonchev–Trinajstić information content (AvgIpc) is 2.72. The van der Waals surface area contributed by atoms with E-state index in [0.717, 1.165) is 12.1 Å². The highest BCUT2D eigenvalue weighted by atomic mass is 32.2. The van der Waals surface area contributed by atoms with E-state index in [2.05, 4.69) is 5.32 Å². The molecule has 0 spiro atoms. The normalized spacial score (nSPS) is 20.6. The number of nitro benzene ring substituents is 1. The van der Waals surface area contributed by atoms with Gasteiger partial charge in [-0.2, -0.15) is 4.39 Å². The van der Waals surface area contributed by atoms with Gasteiger partial charge in [-0.3, -0.25) is 14.9 Å². The van der Waals surface area contributed by atoms with Crippen LogP contribution >= 0.6 is 0 Å². The lowest BCUT2D eigenvalue weighted by Crippen LogP contribution is -2.23. The van der Waals surface area contributed by atoms with Gasteiger partial charge in [0, 0.05) is 11.8 Å². The van der Waals surface area contributed by atoms with Crippen LogP contribution in [0.3, 0.4) is 0 Å². The molecule has 1 fully saturated rings. The third-order valence-corrected chi connectivity index (χ3v) is 4.78. The van der Waals surface area contributed by atoms with Gasteiger partial charge in [-0.25, -0.2) is 8.42 Å². The minimum absolute atomic E-state index is 0.0470. The van der Waals surface area contributed by atoms with E-state index in [9.17, 15) is 27.7 Å². The molecule has 1 aliphatic heterocycles. The van der Waals surface area contributed by atoms with Crippen LogP contribution < -0.4 is 5.32 Å². The maximum atomic E-state index is 13.1. The van der Waals surface area contributed by atoms with E-state index in [4.69, 9.17) is 0 Å². The minimum atomic E-state index is -3.19. The van der Waals surface area contributed by atoms with E-state index < -0.39 is 38.1 Å². The molecule has 1 aromatic rings. The van der Waals surface area contributed by atoms with Gasteiger partial charge in [0.25, 0.3) is 0 Å². The summed E-state index contributed by atoms with van der Waals surface area (Å²) in [6.07, 6.45) is 0.220. The molecule has 0 radical (unpaired) electrons. The molecule has 1 saturated heterocycles. The monoisotopic (exact) mass is 302 g/mol. The number of nitrogens with one attached hydrogen (secondary N) is 1. The lowest BCUT2D eigenvalue weighted by Gasteiger charge is -2.09. The first-order chi connectivity index (χ1) is 9.28. The van der Waals surface area contributed by atoms with Crippen molar-refractivity contribution in [3.8, 4) is 0 Å². The summed E-state index contributed by atoms with van der Waals surface area (Å²) >= 11 is 0. The molecule has 9 heteroatoms. The Morgan fingerprint density at radius 1 is 1.45 bits per heavy atom. The van der Waals surface area contributed by atoms with Crippen molar-refractivity contribution in [3.63, 3.8) is 0 Å². The summed E-state index contributed by atoms with van der Waals surface area (Å²) in [5, 5.41) is 12.9. The molecule has 7 nitrogen and oxygen atoms in total. The predicted molar refractivity (Wildman–Crippen MR) is 68.4 cm³/mol. The van der Waals surface area contributed by atoms with Crippen LogP contribution in [-0.2, 0) is 14.6 Å². The number of nitrogens with zero attached hydrogens (tertiary/aromatic N) is 1. The van der Waals surface area contributed by atoms with E-state index in [1.165, 1.54) is 6.07 Å². The molecule has 20 heavy (non-hydrogen) atoms. The van der Waals surface area contributed by atoms with E-state index in [-0.39, 0.29) is 23.6 Å². The summed E-state index contributed by atoms with van der Waals surface area (Å²) in [6, 6.07) is 2.96. The van der Waals surface area contributed by atoms with Gasteiger partial charge >= 0.3 is 5.69 Å². The highest BCUT2D eigenvalue weighted by Gasteiger charge is 2.33. The number of hydrogen-bond donors (Lipinski definition) is 1. The van der Waals surface area contributed by atoms with Crippen molar-refractivity contribution in [1.82, 2.24) is 0 Å². The first-order valence-corrected chi connectivity index (χ1v) is 7.56. The van der Waals surface area contributed by atoms with Crippen LogP contribution in [-0.4, -0.2) is 30.8 Å². The second-order valence-corrected chi connectivity index (χ2v) is 6.74. The van der Waals surface area contributed by atoms with E-state index >= 15 is 0 Å². The highest BCUT2D eigenvalue weighted by Crippen LogP contribution is 2.24. The van der Waals surface area contributed by atoms with Crippen molar-refractivity contribution in [1.29, 1.82) is 0 Å². The van der Waals surface area contributed by atoms with Crippen LogP contribution in [0.4, 0.5) is 15.8 Å². The Kier molecular flexibility index (Phi) is 3.71. The van der Waals surface area contributed by atoms with Crippen molar-refractivity contribution in [2.75, 3.05) is 16.8 Å². The fourth-order valence-electron chi connectivity index (χ4n) is 1.98. The molecule has 0 aromatic heterocycles. The molecule has 1 aromatic carbocycles. The number of rotatable bonds is 3. The quantitative estimate of drug-likeness (QED) is 0.665. The zero-order chi connectivity index (χ0) is 14.9. The van der Waals surface area contributed by atoms with Crippen LogP contribution in [0.25, 0.3) is 0 Å². The van der Waals surface area contributed by atoms with Gasteiger partial charge in [-0.15, -0.1) is 0 Å². The van der Waals surface area contributed by atoms with Crippen molar-refractivity contribution in [2.24, 2.45) is 5.92 Å². The number of anilines is 1. The number of nitro groups is 1. The van der Waals surface area contributed by atoms with Gasteiger partial charge in [0.05, 0.1) is 22.3 Å². The third kappa shape index (κ3) is 3.10. The Balaban J connectivity index is 2.13. The molecule has 0 unspecified atom stereocenters. The third-order valence-electron chi connectivity index (χ3n) is 3.01. The summed E-state index contributed by atoms with van der Waals surface area (Å²) in [5.41, 5.74) is -0.686. The Hall–Kier alpha value is -2.03. The van der Waals surface area contributed by atoms with Gasteiger partial charge in [-0.05, 0) is 18.6 Å². The molecule has 1 heterocycles. The smallest absolute Gasteiger partial charge is 0.306 e. The summed E-state index contributed by atoms with van der Waals surface area (Å²) < 4.78 is 35.7. The van der Waals surface area contributed by atoms with Crippen molar-refractivity contribution in [3.05, 3.63) is 34.1 Å². The molecule has 0 bridgehead atoms. The van der Waals surface area contributed by atoms with Gasteiger partial charge in [0.2, 0.25) is 11.7 Å².